The standard InChI is InChI=1S/C18H23NO/c1-5-19-18(15-8-6-7-13(2)11-15)16-9-10-17(20-4)14(3)12-16/h6-12,18-19H,5H2,1-4H3. The van der Waals surface area contributed by atoms with Crippen LogP contribution in [0.25, 0.3) is 0 Å². The third-order valence-electron chi connectivity index (χ3n) is 3.54. The van der Waals surface area contributed by atoms with E-state index in [1.54, 1.807) is 7.11 Å². The summed E-state index contributed by atoms with van der Waals surface area (Å²) >= 11 is 0. The van der Waals surface area contributed by atoms with Crippen LogP contribution >= 0.6 is 0 Å². The summed E-state index contributed by atoms with van der Waals surface area (Å²) in [6.45, 7) is 7.29. The van der Waals surface area contributed by atoms with E-state index in [0.29, 0.717) is 0 Å². The molecule has 0 saturated carbocycles. The zero-order valence-electron chi connectivity index (χ0n) is 12.7. The third-order valence-corrected chi connectivity index (χ3v) is 3.54. The van der Waals surface area contributed by atoms with Gasteiger partial charge in [0.1, 0.15) is 5.75 Å². The zero-order valence-corrected chi connectivity index (χ0v) is 12.7. The molecule has 0 aliphatic carbocycles. The maximum atomic E-state index is 5.34. The first-order chi connectivity index (χ1) is 9.65. The molecular weight excluding hydrogens is 246 g/mol. The fourth-order valence-electron chi connectivity index (χ4n) is 2.56. The SMILES string of the molecule is CCNC(c1cccc(C)c1)c1ccc(OC)c(C)c1. The number of rotatable bonds is 5. The van der Waals surface area contributed by atoms with Gasteiger partial charge in [-0.05, 0) is 43.1 Å². The lowest BCUT2D eigenvalue weighted by atomic mass is 9.96. The van der Waals surface area contributed by atoms with Gasteiger partial charge in [-0.25, -0.2) is 0 Å². The van der Waals surface area contributed by atoms with Crippen molar-refractivity contribution in [2.75, 3.05) is 13.7 Å². The second-order valence-corrected chi connectivity index (χ2v) is 5.13. The van der Waals surface area contributed by atoms with Gasteiger partial charge in [0, 0.05) is 0 Å². The summed E-state index contributed by atoms with van der Waals surface area (Å²) in [4.78, 5) is 0. The molecule has 2 heteroatoms. The van der Waals surface area contributed by atoms with Crippen molar-refractivity contribution < 1.29 is 4.74 Å². The summed E-state index contributed by atoms with van der Waals surface area (Å²) in [6, 6.07) is 15.3. The molecule has 0 amide bonds. The lowest BCUT2D eigenvalue weighted by Crippen LogP contribution is -2.22. The molecule has 0 aliphatic heterocycles. The summed E-state index contributed by atoms with van der Waals surface area (Å²) in [5.74, 6) is 0.938. The van der Waals surface area contributed by atoms with Gasteiger partial charge in [-0.15, -0.1) is 0 Å². The molecule has 0 aromatic heterocycles. The Labute approximate surface area is 121 Å². The Morgan fingerprint density at radius 2 is 1.80 bits per heavy atom. The molecule has 1 unspecified atom stereocenters. The van der Waals surface area contributed by atoms with Gasteiger partial charge >= 0.3 is 0 Å². The van der Waals surface area contributed by atoms with Crippen LogP contribution in [0.2, 0.25) is 0 Å². The minimum absolute atomic E-state index is 0.226. The van der Waals surface area contributed by atoms with Crippen molar-refractivity contribution in [3.05, 3.63) is 64.7 Å². The van der Waals surface area contributed by atoms with Gasteiger partial charge in [0.05, 0.1) is 13.2 Å². The summed E-state index contributed by atoms with van der Waals surface area (Å²) in [7, 11) is 1.71. The van der Waals surface area contributed by atoms with E-state index >= 15 is 0 Å². The normalized spacial score (nSPS) is 12.2. The summed E-state index contributed by atoms with van der Waals surface area (Å²) in [5.41, 5.74) is 5.03. The molecule has 2 nitrogen and oxygen atoms in total. The maximum absolute atomic E-state index is 5.34. The van der Waals surface area contributed by atoms with E-state index in [4.69, 9.17) is 4.74 Å². The minimum Gasteiger partial charge on any atom is -0.496 e. The number of methoxy groups -OCH3 is 1. The van der Waals surface area contributed by atoms with E-state index in [-0.39, 0.29) is 6.04 Å². The number of ether oxygens (including phenoxy) is 1. The van der Waals surface area contributed by atoms with Crippen LogP contribution in [0.15, 0.2) is 42.5 Å². The van der Waals surface area contributed by atoms with Gasteiger partial charge < -0.3 is 10.1 Å². The predicted molar refractivity (Wildman–Crippen MR) is 84.4 cm³/mol. The van der Waals surface area contributed by atoms with E-state index in [1.807, 2.05) is 6.07 Å². The average Bonchev–Trinajstić information content (AvgIpc) is 2.44. The summed E-state index contributed by atoms with van der Waals surface area (Å²) in [5, 5.41) is 3.57. The first kappa shape index (κ1) is 14.6. The highest BCUT2D eigenvalue weighted by Gasteiger charge is 2.14. The Morgan fingerprint density at radius 1 is 1.05 bits per heavy atom. The monoisotopic (exact) mass is 269 g/mol. The Kier molecular flexibility index (Phi) is 4.80. The van der Waals surface area contributed by atoms with Gasteiger partial charge in [0.2, 0.25) is 0 Å². The smallest absolute Gasteiger partial charge is 0.121 e. The van der Waals surface area contributed by atoms with Gasteiger partial charge in [0.15, 0.2) is 0 Å². The highest BCUT2D eigenvalue weighted by atomic mass is 16.5. The fourth-order valence-corrected chi connectivity index (χ4v) is 2.56. The predicted octanol–water partition coefficient (Wildman–Crippen LogP) is 4.01. The molecule has 20 heavy (non-hydrogen) atoms. The van der Waals surface area contributed by atoms with Crippen molar-refractivity contribution in [3.8, 4) is 5.75 Å². The van der Waals surface area contributed by atoms with Crippen LogP contribution in [-0.4, -0.2) is 13.7 Å². The molecule has 1 atom stereocenters. The van der Waals surface area contributed by atoms with Crippen LogP contribution in [0.3, 0.4) is 0 Å². The van der Waals surface area contributed by atoms with E-state index < -0.39 is 0 Å². The van der Waals surface area contributed by atoms with Crippen molar-refractivity contribution in [2.45, 2.75) is 26.8 Å². The Balaban J connectivity index is 2.40. The van der Waals surface area contributed by atoms with Crippen molar-refractivity contribution in [2.24, 2.45) is 0 Å². The lowest BCUT2D eigenvalue weighted by Gasteiger charge is -2.20. The lowest BCUT2D eigenvalue weighted by molar-refractivity contribution is 0.411. The number of hydrogen-bond donors (Lipinski definition) is 1. The zero-order chi connectivity index (χ0) is 14.5. The summed E-state index contributed by atoms with van der Waals surface area (Å²) in [6.07, 6.45) is 0. The molecule has 1 N–H and O–H groups in total. The number of nitrogens with one attached hydrogen (secondary N) is 1. The van der Waals surface area contributed by atoms with Crippen LogP contribution in [0.5, 0.6) is 5.75 Å². The molecule has 0 aliphatic rings. The second kappa shape index (κ2) is 6.58. The highest BCUT2D eigenvalue weighted by molar-refractivity contribution is 5.41. The molecule has 0 radical (unpaired) electrons. The molecule has 2 aromatic carbocycles. The molecule has 0 fully saturated rings. The van der Waals surface area contributed by atoms with Crippen LogP contribution < -0.4 is 10.1 Å². The molecule has 0 bridgehead atoms. The Bertz CT molecular complexity index is 577. The number of hydrogen-bond acceptors (Lipinski definition) is 2. The second-order valence-electron chi connectivity index (χ2n) is 5.13. The Morgan fingerprint density at radius 3 is 2.40 bits per heavy atom. The maximum Gasteiger partial charge on any atom is 0.121 e. The molecule has 0 spiro atoms. The van der Waals surface area contributed by atoms with Crippen LogP contribution in [-0.2, 0) is 0 Å². The molecule has 2 aromatic rings. The van der Waals surface area contributed by atoms with Crippen molar-refractivity contribution >= 4 is 0 Å². The molecule has 106 valence electrons. The summed E-state index contributed by atoms with van der Waals surface area (Å²) < 4.78 is 5.34. The fraction of sp³-hybridized carbons (Fsp3) is 0.333. The molecule has 2 rings (SSSR count). The first-order valence-corrected chi connectivity index (χ1v) is 7.10. The number of aryl methyl sites for hydroxylation is 2. The van der Waals surface area contributed by atoms with Gasteiger partial charge in [-0.3, -0.25) is 0 Å². The van der Waals surface area contributed by atoms with Gasteiger partial charge in [0.25, 0.3) is 0 Å². The van der Waals surface area contributed by atoms with E-state index in [0.717, 1.165) is 12.3 Å². The van der Waals surface area contributed by atoms with Gasteiger partial charge in [-0.1, -0.05) is 48.9 Å². The number of benzene rings is 2. The first-order valence-electron chi connectivity index (χ1n) is 7.10. The van der Waals surface area contributed by atoms with E-state index in [1.165, 1.54) is 22.3 Å². The largest absolute Gasteiger partial charge is 0.496 e. The Hall–Kier alpha value is -1.80. The van der Waals surface area contributed by atoms with Crippen molar-refractivity contribution in [3.63, 3.8) is 0 Å². The molecular formula is C18H23NO. The molecule has 0 saturated heterocycles. The van der Waals surface area contributed by atoms with Crippen LogP contribution in [0.4, 0.5) is 0 Å². The van der Waals surface area contributed by atoms with E-state index in [2.05, 4.69) is 62.5 Å². The highest BCUT2D eigenvalue weighted by Crippen LogP contribution is 2.27. The van der Waals surface area contributed by atoms with Gasteiger partial charge in [-0.2, -0.15) is 0 Å². The van der Waals surface area contributed by atoms with Crippen LogP contribution in [0, 0.1) is 13.8 Å². The van der Waals surface area contributed by atoms with Crippen molar-refractivity contribution in [1.29, 1.82) is 0 Å². The quantitative estimate of drug-likeness (QED) is 0.885. The third kappa shape index (κ3) is 3.20. The van der Waals surface area contributed by atoms with Crippen LogP contribution in [0.1, 0.15) is 35.2 Å². The topological polar surface area (TPSA) is 21.3 Å². The average molecular weight is 269 g/mol. The van der Waals surface area contributed by atoms with E-state index in [9.17, 15) is 0 Å². The minimum atomic E-state index is 0.226. The van der Waals surface area contributed by atoms with Crippen molar-refractivity contribution in [1.82, 2.24) is 5.32 Å². The molecule has 0 heterocycles.